The number of nitrogens with two attached hydrogens (primary N) is 1. The molecule has 0 aromatic heterocycles. The number of imide groups is 1. The minimum Gasteiger partial charge on any atom is -0.478 e. The number of thioether (sulfide) groups is 1. The molecule has 1 saturated heterocycles. The molecule has 2 aromatic rings. The van der Waals surface area contributed by atoms with Gasteiger partial charge in [-0.15, -0.1) is 5.10 Å². The summed E-state index contributed by atoms with van der Waals surface area (Å²) >= 11 is 0.866. The fourth-order valence-corrected chi connectivity index (χ4v) is 3.57. The summed E-state index contributed by atoms with van der Waals surface area (Å²) in [5.41, 5.74) is 6.41. The number of anilines is 1. The Labute approximate surface area is 179 Å². The second-order valence-corrected chi connectivity index (χ2v) is 7.49. The van der Waals surface area contributed by atoms with Gasteiger partial charge in [-0.05, 0) is 35.9 Å². The van der Waals surface area contributed by atoms with Gasteiger partial charge in [-0.1, -0.05) is 17.8 Å². The molecule has 11 nitrogen and oxygen atoms in total. The average molecular weight is 441 g/mol. The van der Waals surface area contributed by atoms with Crippen molar-refractivity contribution >= 4 is 52.3 Å². The molecule has 1 atom stereocenters. The van der Waals surface area contributed by atoms with E-state index < -0.39 is 28.0 Å². The molecule has 2 aromatic carbocycles. The molecule has 1 aliphatic heterocycles. The molecule has 2 amide bonds. The number of carboxylic acid groups (broad SMARTS) is 1. The van der Waals surface area contributed by atoms with E-state index in [1.165, 1.54) is 54.7 Å². The zero-order chi connectivity index (χ0) is 22.5. The molecule has 1 unspecified atom stereocenters. The third kappa shape index (κ3) is 5.11. The van der Waals surface area contributed by atoms with E-state index in [-0.39, 0.29) is 28.5 Å². The number of aromatic carboxylic acids is 1. The van der Waals surface area contributed by atoms with Crippen LogP contribution in [0.4, 0.5) is 11.4 Å². The van der Waals surface area contributed by atoms with Gasteiger partial charge in [0, 0.05) is 18.6 Å². The fraction of sp³-hybridized carbons (Fsp3) is 0.105. The first-order valence-electron chi connectivity index (χ1n) is 8.74. The summed E-state index contributed by atoms with van der Waals surface area (Å²) in [5.74, 6) is -2.18. The van der Waals surface area contributed by atoms with Gasteiger partial charge in [0.15, 0.2) is 5.17 Å². The van der Waals surface area contributed by atoms with Gasteiger partial charge in [0.05, 0.1) is 22.4 Å². The van der Waals surface area contributed by atoms with E-state index in [0.29, 0.717) is 5.56 Å². The van der Waals surface area contributed by atoms with Crippen molar-refractivity contribution in [3.05, 3.63) is 69.8 Å². The van der Waals surface area contributed by atoms with Gasteiger partial charge in [0.1, 0.15) is 5.25 Å². The van der Waals surface area contributed by atoms with Crippen LogP contribution in [-0.4, -0.2) is 44.4 Å². The van der Waals surface area contributed by atoms with Gasteiger partial charge in [0.25, 0.3) is 5.69 Å². The van der Waals surface area contributed by atoms with Crippen LogP contribution in [0.5, 0.6) is 0 Å². The summed E-state index contributed by atoms with van der Waals surface area (Å²) in [6, 6.07) is 11.1. The largest absolute Gasteiger partial charge is 0.478 e. The topological polar surface area (TPSA) is 169 Å². The number of carbonyl (C=O) groups excluding carboxylic acids is 2. The summed E-state index contributed by atoms with van der Waals surface area (Å²) in [5, 5.41) is 26.4. The van der Waals surface area contributed by atoms with E-state index in [9.17, 15) is 24.5 Å². The molecular formula is C19H15N5O6S. The Bertz CT molecular complexity index is 1120. The van der Waals surface area contributed by atoms with Crippen LogP contribution in [0.25, 0.3) is 0 Å². The Morgan fingerprint density at radius 3 is 2.61 bits per heavy atom. The normalized spacial score (nSPS) is 16.8. The van der Waals surface area contributed by atoms with Gasteiger partial charge >= 0.3 is 5.97 Å². The number of rotatable bonds is 6. The number of carbonyl (C=O) groups is 3. The predicted molar refractivity (Wildman–Crippen MR) is 114 cm³/mol. The summed E-state index contributed by atoms with van der Waals surface area (Å²) in [6.07, 6.45) is 1.21. The van der Waals surface area contributed by atoms with Crippen LogP contribution in [0.2, 0.25) is 0 Å². The van der Waals surface area contributed by atoms with Crippen molar-refractivity contribution in [2.45, 2.75) is 11.7 Å². The first-order valence-corrected chi connectivity index (χ1v) is 9.62. The average Bonchev–Trinajstić information content (AvgIpc) is 3.01. The maximum absolute atomic E-state index is 12.6. The number of non-ortho nitro benzene ring substituents is 1. The molecule has 1 heterocycles. The van der Waals surface area contributed by atoms with Crippen LogP contribution >= 0.6 is 11.8 Å². The third-order valence-electron chi connectivity index (χ3n) is 4.19. The molecule has 3 N–H and O–H groups in total. The molecule has 1 fully saturated rings. The van der Waals surface area contributed by atoms with Crippen LogP contribution in [0.1, 0.15) is 22.3 Å². The van der Waals surface area contributed by atoms with Gasteiger partial charge in [0.2, 0.25) is 11.8 Å². The second kappa shape index (κ2) is 9.17. The van der Waals surface area contributed by atoms with Crippen LogP contribution in [-0.2, 0) is 9.59 Å². The number of nitro groups is 1. The highest BCUT2D eigenvalue weighted by molar-refractivity contribution is 8.14. The van der Waals surface area contributed by atoms with Gasteiger partial charge < -0.3 is 10.8 Å². The molecule has 0 spiro atoms. The van der Waals surface area contributed by atoms with Crippen molar-refractivity contribution in [2.75, 3.05) is 4.90 Å². The number of amidine groups is 1. The lowest BCUT2D eigenvalue weighted by molar-refractivity contribution is -0.384. The van der Waals surface area contributed by atoms with Crippen molar-refractivity contribution in [1.29, 1.82) is 0 Å². The summed E-state index contributed by atoms with van der Waals surface area (Å²) in [7, 11) is 0. The number of benzene rings is 2. The maximum atomic E-state index is 12.6. The Hall–Kier alpha value is -4.06. The van der Waals surface area contributed by atoms with Crippen molar-refractivity contribution in [2.24, 2.45) is 15.9 Å². The van der Waals surface area contributed by atoms with E-state index in [1.807, 2.05) is 0 Å². The minimum absolute atomic E-state index is 0.0455. The molecular weight excluding hydrogens is 426 g/mol. The van der Waals surface area contributed by atoms with E-state index in [0.717, 1.165) is 16.7 Å². The molecule has 3 rings (SSSR count). The van der Waals surface area contributed by atoms with Gasteiger partial charge in [-0.2, -0.15) is 5.10 Å². The number of amides is 2. The van der Waals surface area contributed by atoms with Crippen molar-refractivity contribution in [3.63, 3.8) is 0 Å². The molecule has 1 aliphatic rings. The molecule has 158 valence electrons. The lowest BCUT2D eigenvalue weighted by Gasteiger charge is -2.15. The molecule has 0 bridgehead atoms. The number of carboxylic acids is 1. The maximum Gasteiger partial charge on any atom is 0.335 e. The molecule has 0 saturated carbocycles. The third-order valence-corrected chi connectivity index (χ3v) is 5.16. The lowest BCUT2D eigenvalue weighted by Crippen LogP contribution is -2.32. The van der Waals surface area contributed by atoms with Crippen LogP contribution in [0.15, 0.2) is 58.7 Å². The molecule has 31 heavy (non-hydrogen) atoms. The smallest absolute Gasteiger partial charge is 0.335 e. The zero-order valence-corrected chi connectivity index (χ0v) is 16.6. The number of nitro benzene ring substituents is 1. The molecule has 0 radical (unpaired) electrons. The van der Waals surface area contributed by atoms with E-state index in [4.69, 9.17) is 10.8 Å². The summed E-state index contributed by atoms with van der Waals surface area (Å²) in [6.45, 7) is 0. The van der Waals surface area contributed by atoms with E-state index >= 15 is 0 Å². The molecule has 0 aliphatic carbocycles. The highest BCUT2D eigenvalue weighted by atomic mass is 32.2. The SMILES string of the molecule is NC(=NN=Cc1ccc([N+](=O)[O-])cc1)SC1CC(=O)N(c2cccc(C(=O)O)c2)C1=O. The monoisotopic (exact) mass is 441 g/mol. The van der Waals surface area contributed by atoms with Crippen molar-refractivity contribution in [1.82, 2.24) is 0 Å². The summed E-state index contributed by atoms with van der Waals surface area (Å²) < 4.78 is 0. The van der Waals surface area contributed by atoms with Crippen molar-refractivity contribution < 1.29 is 24.4 Å². The highest BCUT2D eigenvalue weighted by Crippen LogP contribution is 2.30. The lowest BCUT2D eigenvalue weighted by atomic mass is 10.2. The summed E-state index contributed by atoms with van der Waals surface area (Å²) in [4.78, 5) is 47.1. The zero-order valence-electron chi connectivity index (χ0n) is 15.7. The molecule has 12 heteroatoms. The Kier molecular flexibility index (Phi) is 6.40. The minimum atomic E-state index is -1.17. The van der Waals surface area contributed by atoms with Crippen LogP contribution in [0, 0.1) is 10.1 Å². The number of hydrogen-bond donors (Lipinski definition) is 2. The van der Waals surface area contributed by atoms with Crippen molar-refractivity contribution in [3.8, 4) is 0 Å². The van der Waals surface area contributed by atoms with E-state index in [2.05, 4.69) is 10.2 Å². The van der Waals surface area contributed by atoms with E-state index in [1.54, 1.807) is 0 Å². The first kappa shape index (κ1) is 21.6. The number of hydrogen-bond acceptors (Lipinski definition) is 8. The number of nitrogens with zero attached hydrogens (tertiary/aromatic N) is 4. The standard InChI is InChI=1S/C19H15N5O6S/c20-19(22-21-10-11-4-6-13(7-5-11)24(29)30)31-15-9-16(25)23(17(15)26)14-3-1-2-12(8-14)18(27)28/h1-8,10,15H,9H2,(H2,20,22)(H,27,28). The quantitative estimate of drug-likeness (QED) is 0.225. The Morgan fingerprint density at radius 2 is 1.97 bits per heavy atom. The predicted octanol–water partition coefficient (Wildman–Crippen LogP) is 2.01. The van der Waals surface area contributed by atoms with Gasteiger partial charge in [-0.25, -0.2) is 9.69 Å². The highest BCUT2D eigenvalue weighted by Gasteiger charge is 2.40. The van der Waals surface area contributed by atoms with Gasteiger partial charge in [-0.3, -0.25) is 19.7 Å². The second-order valence-electron chi connectivity index (χ2n) is 6.26. The fourth-order valence-electron chi connectivity index (χ4n) is 2.75. The Balaban J connectivity index is 1.66. The van der Waals surface area contributed by atoms with Crippen LogP contribution in [0.3, 0.4) is 0 Å². The van der Waals surface area contributed by atoms with Crippen LogP contribution < -0.4 is 10.6 Å². The first-order chi connectivity index (χ1) is 14.8. The Morgan fingerprint density at radius 1 is 1.26 bits per heavy atom.